The standard InChI is InChI=1S/C14H14N4OS/c1-19-13-6-4-12(5-7-13)17-14(20)18-16-10-11-3-2-8-15-9-11/h2-10H,1H3,(H2,17,18,20)/b16-10-. The van der Waals surface area contributed by atoms with Gasteiger partial charge in [0.05, 0.1) is 13.3 Å². The third-order valence-electron chi connectivity index (χ3n) is 2.41. The van der Waals surface area contributed by atoms with Crippen LogP contribution in [0.25, 0.3) is 0 Å². The van der Waals surface area contributed by atoms with E-state index in [4.69, 9.17) is 17.0 Å². The number of rotatable bonds is 4. The molecule has 6 heteroatoms. The number of anilines is 1. The summed E-state index contributed by atoms with van der Waals surface area (Å²) in [5.74, 6) is 0.795. The van der Waals surface area contributed by atoms with E-state index in [0.717, 1.165) is 17.0 Å². The van der Waals surface area contributed by atoms with E-state index in [1.54, 1.807) is 25.7 Å². The van der Waals surface area contributed by atoms with Gasteiger partial charge in [-0.1, -0.05) is 6.07 Å². The molecule has 0 saturated carbocycles. The van der Waals surface area contributed by atoms with Crippen LogP contribution in [0.1, 0.15) is 5.56 Å². The van der Waals surface area contributed by atoms with Crippen molar-refractivity contribution >= 4 is 29.2 Å². The van der Waals surface area contributed by atoms with Crippen LogP contribution < -0.4 is 15.5 Å². The third-order valence-corrected chi connectivity index (χ3v) is 2.61. The SMILES string of the molecule is COc1ccc(NC(=S)N/N=C\c2cccnc2)cc1. The topological polar surface area (TPSA) is 58.5 Å². The summed E-state index contributed by atoms with van der Waals surface area (Å²) in [6, 6.07) is 11.2. The molecule has 0 aliphatic heterocycles. The molecule has 0 radical (unpaired) electrons. The van der Waals surface area contributed by atoms with Crippen LogP contribution in [0.5, 0.6) is 5.75 Å². The lowest BCUT2D eigenvalue weighted by Crippen LogP contribution is -2.23. The highest BCUT2D eigenvalue weighted by Gasteiger charge is 1.96. The summed E-state index contributed by atoms with van der Waals surface area (Å²) < 4.78 is 5.08. The Labute approximate surface area is 122 Å². The Hall–Kier alpha value is -2.47. The fourth-order valence-electron chi connectivity index (χ4n) is 1.45. The third kappa shape index (κ3) is 4.33. The largest absolute Gasteiger partial charge is 0.497 e. The minimum Gasteiger partial charge on any atom is -0.497 e. The quantitative estimate of drug-likeness (QED) is 0.513. The lowest BCUT2D eigenvalue weighted by atomic mass is 10.3. The highest BCUT2D eigenvalue weighted by atomic mass is 32.1. The van der Waals surface area contributed by atoms with Gasteiger partial charge in [0, 0.05) is 23.6 Å². The van der Waals surface area contributed by atoms with Crippen LogP contribution in [0.4, 0.5) is 5.69 Å². The molecule has 2 N–H and O–H groups in total. The summed E-state index contributed by atoms with van der Waals surface area (Å²) in [7, 11) is 1.63. The van der Waals surface area contributed by atoms with Crippen molar-refractivity contribution in [2.24, 2.45) is 5.10 Å². The van der Waals surface area contributed by atoms with Gasteiger partial charge >= 0.3 is 0 Å². The number of methoxy groups -OCH3 is 1. The number of hydrogen-bond donors (Lipinski definition) is 2. The minimum absolute atomic E-state index is 0.412. The first-order valence-corrected chi connectivity index (χ1v) is 6.33. The van der Waals surface area contributed by atoms with Crippen LogP contribution in [-0.4, -0.2) is 23.4 Å². The Morgan fingerprint density at radius 2 is 2.10 bits per heavy atom. The number of benzene rings is 1. The second kappa shape index (κ2) is 7.20. The van der Waals surface area contributed by atoms with Crippen LogP contribution in [0.15, 0.2) is 53.9 Å². The number of nitrogens with one attached hydrogen (secondary N) is 2. The number of hydrogen-bond acceptors (Lipinski definition) is 4. The molecule has 2 rings (SSSR count). The summed E-state index contributed by atoms with van der Waals surface area (Å²) in [5.41, 5.74) is 4.50. The molecule has 0 aliphatic rings. The van der Waals surface area contributed by atoms with E-state index in [-0.39, 0.29) is 0 Å². The second-order valence-electron chi connectivity index (χ2n) is 3.84. The Kier molecular flexibility index (Phi) is 5.02. The first-order chi connectivity index (χ1) is 9.78. The number of hydrazone groups is 1. The fourth-order valence-corrected chi connectivity index (χ4v) is 1.62. The van der Waals surface area contributed by atoms with Crippen molar-refractivity contribution in [2.75, 3.05) is 12.4 Å². The number of ether oxygens (including phenoxy) is 1. The molecule has 1 aromatic carbocycles. The zero-order valence-corrected chi connectivity index (χ0v) is 11.7. The molecular formula is C14H14N4OS. The maximum Gasteiger partial charge on any atom is 0.191 e. The average molecular weight is 286 g/mol. The van der Waals surface area contributed by atoms with Gasteiger partial charge in [0.1, 0.15) is 5.75 Å². The molecule has 0 bridgehead atoms. The Morgan fingerprint density at radius 3 is 2.75 bits per heavy atom. The monoisotopic (exact) mass is 286 g/mol. The van der Waals surface area contributed by atoms with Crippen molar-refractivity contribution in [1.82, 2.24) is 10.4 Å². The summed E-state index contributed by atoms with van der Waals surface area (Å²) >= 11 is 5.13. The number of nitrogens with zero attached hydrogens (tertiary/aromatic N) is 2. The zero-order valence-electron chi connectivity index (χ0n) is 10.9. The van der Waals surface area contributed by atoms with Gasteiger partial charge in [-0.2, -0.15) is 5.10 Å². The molecule has 1 heterocycles. The highest BCUT2D eigenvalue weighted by molar-refractivity contribution is 7.80. The first kappa shape index (κ1) is 14.0. The van der Waals surface area contributed by atoms with Gasteiger partial charge in [-0.05, 0) is 42.5 Å². The Balaban J connectivity index is 1.84. The predicted molar refractivity (Wildman–Crippen MR) is 84.2 cm³/mol. The molecular weight excluding hydrogens is 272 g/mol. The van der Waals surface area contributed by atoms with Crippen LogP contribution in [0.2, 0.25) is 0 Å². The van der Waals surface area contributed by atoms with E-state index in [1.165, 1.54) is 0 Å². The van der Waals surface area contributed by atoms with Crippen LogP contribution in [0.3, 0.4) is 0 Å². The van der Waals surface area contributed by atoms with Gasteiger partial charge in [0.25, 0.3) is 0 Å². The summed E-state index contributed by atoms with van der Waals surface area (Å²) in [5, 5.41) is 7.46. The van der Waals surface area contributed by atoms with Crippen LogP contribution in [0, 0.1) is 0 Å². The zero-order chi connectivity index (χ0) is 14.2. The van der Waals surface area contributed by atoms with E-state index in [9.17, 15) is 0 Å². The molecule has 20 heavy (non-hydrogen) atoms. The summed E-state index contributed by atoms with van der Waals surface area (Å²) in [6.45, 7) is 0. The number of aromatic nitrogens is 1. The fraction of sp³-hybridized carbons (Fsp3) is 0.0714. The minimum atomic E-state index is 0.412. The van der Waals surface area contributed by atoms with Gasteiger partial charge in [0.2, 0.25) is 0 Å². The van der Waals surface area contributed by atoms with Gasteiger partial charge in [-0.3, -0.25) is 10.4 Å². The van der Waals surface area contributed by atoms with Crippen molar-refractivity contribution in [1.29, 1.82) is 0 Å². The summed E-state index contributed by atoms with van der Waals surface area (Å²) in [6.07, 6.45) is 5.07. The molecule has 0 unspecified atom stereocenters. The smallest absolute Gasteiger partial charge is 0.191 e. The van der Waals surface area contributed by atoms with E-state index < -0.39 is 0 Å². The van der Waals surface area contributed by atoms with Crippen molar-refractivity contribution < 1.29 is 4.74 Å². The molecule has 102 valence electrons. The Morgan fingerprint density at radius 1 is 1.30 bits per heavy atom. The molecule has 0 atom stereocenters. The van der Waals surface area contributed by atoms with Crippen LogP contribution >= 0.6 is 12.2 Å². The lowest BCUT2D eigenvalue weighted by molar-refractivity contribution is 0.415. The summed E-state index contributed by atoms with van der Waals surface area (Å²) in [4.78, 5) is 3.99. The average Bonchev–Trinajstić information content (AvgIpc) is 2.49. The van der Waals surface area contributed by atoms with Crippen molar-refractivity contribution in [3.05, 3.63) is 54.4 Å². The van der Waals surface area contributed by atoms with Crippen molar-refractivity contribution in [2.45, 2.75) is 0 Å². The number of thiocarbonyl (C=S) groups is 1. The molecule has 5 nitrogen and oxygen atoms in total. The van der Waals surface area contributed by atoms with Crippen molar-refractivity contribution in [3.63, 3.8) is 0 Å². The first-order valence-electron chi connectivity index (χ1n) is 5.92. The van der Waals surface area contributed by atoms with E-state index >= 15 is 0 Å². The molecule has 2 aromatic rings. The Bertz CT molecular complexity index is 584. The van der Waals surface area contributed by atoms with Gasteiger partial charge < -0.3 is 10.1 Å². The van der Waals surface area contributed by atoms with Gasteiger partial charge in [0.15, 0.2) is 5.11 Å². The van der Waals surface area contributed by atoms with E-state index in [1.807, 2.05) is 36.4 Å². The molecule has 0 saturated heterocycles. The van der Waals surface area contributed by atoms with Gasteiger partial charge in [-0.15, -0.1) is 0 Å². The normalized spacial score (nSPS) is 10.2. The highest BCUT2D eigenvalue weighted by Crippen LogP contribution is 2.14. The van der Waals surface area contributed by atoms with E-state index in [2.05, 4.69) is 20.8 Å². The lowest BCUT2D eigenvalue weighted by Gasteiger charge is -2.07. The maximum absolute atomic E-state index is 5.13. The van der Waals surface area contributed by atoms with E-state index in [0.29, 0.717) is 5.11 Å². The van der Waals surface area contributed by atoms with Crippen molar-refractivity contribution in [3.8, 4) is 5.75 Å². The predicted octanol–water partition coefficient (Wildman–Crippen LogP) is 2.41. The molecule has 0 aliphatic carbocycles. The maximum atomic E-state index is 5.13. The molecule has 1 aromatic heterocycles. The number of pyridine rings is 1. The molecule has 0 fully saturated rings. The van der Waals surface area contributed by atoms with Gasteiger partial charge in [-0.25, -0.2) is 0 Å². The second-order valence-corrected chi connectivity index (χ2v) is 4.25. The van der Waals surface area contributed by atoms with Crippen LogP contribution in [-0.2, 0) is 0 Å². The molecule has 0 spiro atoms. The molecule has 0 amide bonds.